The van der Waals surface area contributed by atoms with E-state index in [0.717, 1.165) is 29.7 Å². The highest BCUT2D eigenvalue weighted by molar-refractivity contribution is 7.85. The van der Waals surface area contributed by atoms with E-state index in [2.05, 4.69) is 36.9 Å². The molecule has 3 aromatic heterocycles. The third kappa shape index (κ3) is 3.39. The lowest BCUT2D eigenvalue weighted by atomic mass is 9.81. The third-order valence-electron chi connectivity index (χ3n) is 5.15. The van der Waals surface area contributed by atoms with E-state index in [9.17, 15) is 4.21 Å². The molecule has 1 unspecified atom stereocenters. The second kappa shape index (κ2) is 7.22. The first-order chi connectivity index (χ1) is 13.1. The van der Waals surface area contributed by atoms with Gasteiger partial charge in [0.2, 0.25) is 0 Å². The summed E-state index contributed by atoms with van der Waals surface area (Å²) in [5.74, 6) is 1.98. The number of anilines is 1. The van der Waals surface area contributed by atoms with Crippen LogP contribution in [-0.2, 0) is 10.8 Å². The lowest BCUT2D eigenvalue weighted by Crippen LogP contribution is -2.44. The Morgan fingerprint density at radius 2 is 2.15 bits per heavy atom. The molecule has 27 heavy (non-hydrogen) atoms. The zero-order chi connectivity index (χ0) is 19.0. The molecule has 1 N–H and O–H groups in total. The lowest BCUT2D eigenvalue weighted by Gasteiger charge is -2.41. The van der Waals surface area contributed by atoms with Gasteiger partial charge in [0.1, 0.15) is 17.8 Å². The van der Waals surface area contributed by atoms with E-state index in [0.29, 0.717) is 34.3 Å². The maximum atomic E-state index is 12.7. The Morgan fingerprint density at radius 1 is 1.33 bits per heavy atom. The topological polar surface area (TPSA) is 96.9 Å². The monoisotopic (exact) mass is 386 g/mol. The largest absolute Gasteiger partial charge is 0.467 e. The summed E-state index contributed by atoms with van der Waals surface area (Å²) in [7, 11) is 2.48. The van der Waals surface area contributed by atoms with Gasteiger partial charge >= 0.3 is 6.01 Å². The minimum atomic E-state index is -1.10. The number of hydrogen-bond acceptors (Lipinski definition) is 7. The average Bonchev–Trinajstić information content (AvgIpc) is 3.12. The number of nitrogens with zero attached hydrogens (tertiary/aromatic N) is 5. The van der Waals surface area contributed by atoms with Gasteiger partial charge in [-0.15, -0.1) is 0 Å². The van der Waals surface area contributed by atoms with Crippen molar-refractivity contribution in [2.75, 3.05) is 24.8 Å². The summed E-state index contributed by atoms with van der Waals surface area (Å²) in [6.45, 7) is 1.84. The van der Waals surface area contributed by atoms with E-state index in [1.54, 1.807) is 12.5 Å². The highest BCUT2D eigenvalue weighted by atomic mass is 32.2. The van der Waals surface area contributed by atoms with Crippen LogP contribution in [0.25, 0.3) is 11.0 Å². The van der Waals surface area contributed by atoms with Gasteiger partial charge in [-0.25, -0.2) is 15.0 Å². The van der Waals surface area contributed by atoms with Gasteiger partial charge in [-0.05, 0) is 31.7 Å². The molecule has 8 nitrogen and oxygen atoms in total. The van der Waals surface area contributed by atoms with Crippen LogP contribution in [0.3, 0.4) is 0 Å². The fourth-order valence-electron chi connectivity index (χ4n) is 3.53. The second-order valence-electron chi connectivity index (χ2n) is 6.86. The highest BCUT2D eigenvalue weighted by Crippen LogP contribution is 2.36. The number of H-pyrrole nitrogens is 1. The van der Waals surface area contributed by atoms with Gasteiger partial charge in [-0.1, -0.05) is 0 Å². The average molecular weight is 386 g/mol. The molecular weight excluding hydrogens is 364 g/mol. The molecule has 1 aliphatic carbocycles. The first-order valence-electron chi connectivity index (χ1n) is 8.83. The number of nitrogens with one attached hydrogen (secondary N) is 1. The molecule has 3 aromatic rings. The third-order valence-corrected chi connectivity index (χ3v) is 6.82. The first-order valence-corrected chi connectivity index (χ1v) is 10.2. The summed E-state index contributed by atoms with van der Waals surface area (Å²) in [4.78, 5) is 23.0. The fraction of sp³-hybridized carbons (Fsp3) is 0.444. The Morgan fingerprint density at radius 3 is 2.89 bits per heavy atom. The number of rotatable bonds is 6. The van der Waals surface area contributed by atoms with Gasteiger partial charge in [-0.3, -0.25) is 4.21 Å². The Balaban J connectivity index is 1.38. The molecule has 0 radical (unpaired) electrons. The Labute approximate surface area is 159 Å². The molecule has 1 fully saturated rings. The summed E-state index contributed by atoms with van der Waals surface area (Å²) in [5.41, 5.74) is 1.56. The fourth-order valence-corrected chi connectivity index (χ4v) is 4.95. The molecule has 142 valence electrons. The quantitative estimate of drug-likeness (QED) is 0.693. The Hall–Kier alpha value is -2.55. The SMILES string of the molecule is COc1ncc(S(=O)CC2CC(N(C)c3ncnc4[nH]ccc34)C2)c(C)n1. The zero-order valence-corrected chi connectivity index (χ0v) is 16.4. The number of hydrogen-bond donors (Lipinski definition) is 1. The Bertz CT molecular complexity index is 985. The molecule has 0 spiro atoms. The number of aryl methyl sites for hydroxylation is 1. The minimum absolute atomic E-state index is 0.305. The second-order valence-corrected chi connectivity index (χ2v) is 8.32. The van der Waals surface area contributed by atoms with E-state index in [4.69, 9.17) is 4.74 Å². The molecule has 1 aliphatic rings. The van der Waals surface area contributed by atoms with E-state index >= 15 is 0 Å². The number of methoxy groups -OCH3 is 1. The van der Waals surface area contributed by atoms with Crippen molar-refractivity contribution in [3.05, 3.63) is 30.5 Å². The van der Waals surface area contributed by atoms with Gasteiger partial charge < -0.3 is 14.6 Å². The van der Waals surface area contributed by atoms with Crippen LogP contribution in [0.2, 0.25) is 0 Å². The van der Waals surface area contributed by atoms with Crippen molar-refractivity contribution in [1.29, 1.82) is 0 Å². The van der Waals surface area contributed by atoms with Gasteiger partial charge in [0, 0.05) is 25.0 Å². The summed E-state index contributed by atoms with van der Waals surface area (Å²) in [5, 5.41) is 1.03. The molecule has 0 bridgehead atoms. The van der Waals surface area contributed by atoms with Crippen LogP contribution in [0.4, 0.5) is 5.82 Å². The van der Waals surface area contributed by atoms with Crippen LogP contribution in [0.5, 0.6) is 6.01 Å². The van der Waals surface area contributed by atoms with E-state index in [1.165, 1.54) is 7.11 Å². The molecule has 1 atom stereocenters. The smallest absolute Gasteiger partial charge is 0.316 e. The van der Waals surface area contributed by atoms with Crippen LogP contribution >= 0.6 is 0 Å². The van der Waals surface area contributed by atoms with Crippen LogP contribution in [0.15, 0.2) is 29.7 Å². The maximum absolute atomic E-state index is 12.7. The molecule has 0 amide bonds. The molecule has 0 aromatic carbocycles. The number of ether oxygens (including phenoxy) is 1. The van der Waals surface area contributed by atoms with E-state index < -0.39 is 10.8 Å². The van der Waals surface area contributed by atoms with Crippen molar-refractivity contribution in [3.63, 3.8) is 0 Å². The van der Waals surface area contributed by atoms with Crippen molar-refractivity contribution in [3.8, 4) is 6.01 Å². The molecular formula is C18H22N6O2S. The first kappa shape index (κ1) is 17.8. The van der Waals surface area contributed by atoms with Gasteiger partial charge in [-0.2, -0.15) is 4.98 Å². The highest BCUT2D eigenvalue weighted by Gasteiger charge is 2.34. The van der Waals surface area contributed by atoms with Gasteiger partial charge in [0.15, 0.2) is 0 Å². The van der Waals surface area contributed by atoms with Crippen molar-refractivity contribution in [2.24, 2.45) is 5.92 Å². The predicted octanol–water partition coefficient (Wildman–Crippen LogP) is 2.09. The van der Waals surface area contributed by atoms with Crippen molar-refractivity contribution in [2.45, 2.75) is 30.7 Å². The number of fused-ring (bicyclic) bond motifs is 1. The standard InChI is InChI=1S/C18H22N6O2S/c1-11-15(8-20-18(23-11)26-3)27(25)9-12-6-13(7-12)24(2)17-14-4-5-19-16(14)21-10-22-17/h4-5,8,10,12-13H,6-7,9H2,1-3H3,(H,19,21,22). The zero-order valence-electron chi connectivity index (χ0n) is 15.5. The molecule has 3 heterocycles. The molecule has 0 aliphatic heterocycles. The number of aromatic amines is 1. The molecule has 9 heteroatoms. The van der Waals surface area contributed by atoms with Crippen LogP contribution in [-0.4, -0.2) is 55.1 Å². The normalized spacial score (nSPS) is 20.3. The summed E-state index contributed by atoms with van der Waals surface area (Å²) < 4.78 is 17.7. The molecule has 1 saturated carbocycles. The maximum Gasteiger partial charge on any atom is 0.316 e. The Kier molecular flexibility index (Phi) is 4.77. The summed E-state index contributed by atoms with van der Waals surface area (Å²) in [6.07, 6.45) is 7.07. The minimum Gasteiger partial charge on any atom is -0.467 e. The summed E-state index contributed by atoms with van der Waals surface area (Å²) >= 11 is 0. The van der Waals surface area contributed by atoms with Crippen LogP contribution in [0, 0.1) is 12.8 Å². The predicted molar refractivity (Wildman–Crippen MR) is 103 cm³/mol. The summed E-state index contributed by atoms with van der Waals surface area (Å²) in [6, 6.07) is 2.70. The van der Waals surface area contributed by atoms with E-state index in [-0.39, 0.29) is 0 Å². The van der Waals surface area contributed by atoms with E-state index in [1.807, 2.05) is 19.2 Å². The molecule has 0 saturated heterocycles. The van der Waals surface area contributed by atoms with Crippen molar-refractivity contribution < 1.29 is 8.95 Å². The van der Waals surface area contributed by atoms with Gasteiger partial charge in [0.05, 0.1) is 40.1 Å². The van der Waals surface area contributed by atoms with Crippen LogP contribution < -0.4 is 9.64 Å². The van der Waals surface area contributed by atoms with Gasteiger partial charge in [0.25, 0.3) is 0 Å². The van der Waals surface area contributed by atoms with Crippen molar-refractivity contribution in [1.82, 2.24) is 24.9 Å². The van der Waals surface area contributed by atoms with Crippen LogP contribution in [0.1, 0.15) is 18.5 Å². The number of aromatic nitrogens is 5. The van der Waals surface area contributed by atoms with Crippen molar-refractivity contribution >= 4 is 27.7 Å². The lowest BCUT2D eigenvalue weighted by molar-refractivity contribution is 0.284. The molecule has 4 rings (SSSR count).